The lowest BCUT2D eigenvalue weighted by Gasteiger charge is -2.17. The van der Waals surface area contributed by atoms with Gasteiger partial charge in [0.2, 0.25) is 10.0 Å². The number of aromatic nitrogens is 1. The molecule has 1 aromatic rings. The molecule has 0 aliphatic carbocycles. The van der Waals surface area contributed by atoms with Crippen molar-refractivity contribution in [3.63, 3.8) is 0 Å². The van der Waals surface area contributed by atoms with Crippen molar-refractivity contribution in [1.29, 1.82) is 0 Å². The van der Waals surface area contributed by atoms with E-state index in [1.165, 1.54) is 21.1 Å². The molecule has 0 fully saturated rings. The lowest BCUT2D eigenvalue weighted by atomic mass is 10.2. The van der Waals surface area contributed by atoms with E-state index < -0.39 is 28.5 Å². The second-order valence-electron chi connectivity index (χ2n) is 6.04. The maximum absolute atomic E-state index is 12.5. The Kier molecular flexibility index (Phi) is 7.62. The van der Waals surface area contributed by atoms with Crippen LogP contribution in [0.3, 0.4) is 0 Å². The smallest absolute Gasteiger partial charge is 0.355 e. The van der Waals surface area contributed by atoms with Crippen molar-refractivity contribution in [1.82, 2.24) is 14.2 Å². The van der Waals surface area contributed by atoms with Gasteiger partial charge in [0.25, 0.3) is 5.91 Å². The highest BCUT2D eigenvalue weighted by atomic mass is 32.2. The van der Waals surface area contributed by atoms with Crippen LogP contribution in [0.1, 0.15) is 38.2 Å². The number of nitrogens with one attached hydrogen (secondary N) is 1. The number of aryl methyl sites for hydroxylation is 1. The first-order valence-corrected chi connectivity index (χ1v) is 9.67. The van der Waals surface area contributed by atoms with E-state index in [0.717, 1.165) is 0 Å². The Bertz CT molecular complexity index is 705. The van der Waals surface area contributed by atoms with Crippen molar-refractivity contribution in [3.05, 3.63) is 18.0 Å². The van der Waals surface area contributed by atoms with E-state index in [-0.39, 0.29) is 10.6 Å². The molecule has 1 amide bonds. The fraction of sp³-hybridized carbons (Fsp3) is 0.625. The van der Waals surface area contributed by atoms with Gasteiger partial charge in [0.05, 0.1) is 0 Å². The first-order valence-electron chi connectivity index (χ1n) is 8.23. The van der Waals surface area contributed by atoms with Crippen molar-refractivity contribution in [2.24, 2.45) is 13.0 Å². The average molecular weight is 373 g/mol. The quantitative estimate of drug-likeness (QED) is 0.651. The molecule has 142 valence electrons. The molecule has 0 aliphatic heterocycles. The predicted molar refractivity (Wildman–Crippen MR) is 93.7 cm³/mol. The Labute approximate surface area is 149 Å². The molecule has 0 unspecified atom stereocenters. The lowest BCUT2D eigenvalue weighted by Crippen LogP contribution is -2.31. The number of sulfonamides is 1. The molecule has 1 heterocycles. The van der Waals surface area contributed by atoms with Crippen LogP contribution in [-0.2, 0) is 26.6 Å². The molecule has 0 radical (unpaired) electrons. The zero-order valence-corrected chi connectivity index (χ0v) is 16.2. The highest BCUT2D eigenvalue weighted by molar-refractivity contribution is 7.89. The van der Waals surface area contributed by atoms with Gasteiger partial charge in [-0.15, -0.1) is 0 Å². The summed E-state index contributed by atoms with van der Waals surface area (Å²) in [6, 6.07) is 1.27. The number of carbonyl (C=O) groups excluding carboxylic acids is 2. The molecule has 8 nitrogen and oxygen atoms in total. The maximum Gasteiger partial charge on any atom is 0.355 e. The molecule has 0 aromatic carbocycles. The largest absolute Gasteiger partial charge is 0.451 e. The second-order valence-corrected chi connectivity index (χ2v) is 7.97. The van der Waals surface area contributed by atoms with Crippen molar-refractivity contribution in [3.8, 4) is 0 Å². The third kappa shape index (κ3) is 5.57. The Morgan fingerprint density at radius 1 is 1.28 bits per heavy atom. The molecule has 9 heteroatoms. The van der Waals surface area contributed by atoms with Gasteiger partial charge in [-0.25, -0.2) is 13.2 Å². The van der Waals surface area contributed by atoms with Crippen molar-refractivity contribution in [2.45, 2.75) is 32.6 Å². The number of rotatable bonds is 9. The minimum Gasteiger partial charge on any atom is -0.451 e. The number of ether oxygens (including phenoxy) is 1. The monoisotopic (exact) mass is 373 g/mol. The van der Waals surface area contributed by atoms with Crippen LogP contribution >= 0.6 is 0 Å². The van der Waals surface area contributed by atoms with Gasteiger partial charge in [0.15, 0.2) is 6.61 Å². The highest BCUT2D eigenvalue weighted by Crippen LogP contribution is 2.19. The highest BCUT2D eigenvalue weighted by Gasteiger charge is 2.26. The van der Waals surface area contributed by atoms with Crippen LogP contribution in [-0.4, -0.2) is 55.4 Å². The van der Waals surface area contributed by atoms with Crippen LogP contribution in [0.25, 0.3) is 0 Å². The van der Waals surface area contributed by atoms with Gasteiger partial charge in [0.1, 0.15) is 10.6 Å². The van der Waals surface area contributed by atoms with E-state index in [4.69, 9.17) is 4.74 Å². The molecule has 1 aromatic heterocycles. The van der Waals surface area contributed by atoms with E-state index in [0.29, 0.717) is 25.6 Å². The van der Waals surface area contributed by atoms with E-state index in [1.807, 2.05) is 13.8 Å². The van der Waals surface area contributed by atoms with Gasteiger partial charge in [-0.1, -0.05) is 27.7 Å². The zero-order chi connectivity index (χ0) is 19.2. The molecule has 0 saturated carbocycles. The average Bonchev–Trinajstić information content (AvgIpc) is 2.94. The third-order valence-corrected chi connectivity index (χ3v) is 5.59. The first-order chi connectivity index (χ1) is 11.6. The van der Waals surface area contributed by atoms with Crippen molar-refractivity contribution >= 4 is 21.9 Å². The zero-order valence-electron chi connectivity index (χ0n) is 15.4. The van der Waals surface area contributed by atoms with Gasteiger partial charge in [-0.3, -0.25) is 4.79 Å². The number of amides is 1. The Balaban J connectivity index is 2.82. The Hall–Kier alpha value is -1.87. The van der Waals surface area contributed by atoms with E-state index >= 15 is 0 Å². The lowest BCUT2D eigenvalue weighted by molar-refractivity contribution is -0.124. The van der Waals surface area contributed by atoms with Gasteiger partial charge in [-0.2, -0.15) is 4.31 Å². The molecule has 25 heavy (non-hydrogen) atoms. The van der Waals surface area contributed by atoms with Crippen molar-refractivity contribution < 1.29 is 22.7 Å². The number of esters is 1. The van der Waals surface area contributed by atoms with Gasteiger partial charge in [0, 0.05) is 32.9 Å². The first kappa shape index (κ1) is 21.2. The molecule has 0 aliphatic rings. The Morgan fingerprint density at radius 3 is 2.40 bits per heavy atom. The van der Waals surface area contributed by atoms with E-state index in [1.54, 1.807) is 20.9 Å². The standard InChI is InChI=1S/C16H27N3O5S/c1-6-19(7-2)25(22,23)13-8-14(18(5)10-13)16(21)24-11-15(20)17-9-12(3)4/h8,10,12H,6-7,9,11H2,1-5H3,(H,17,20). The number of hydrogen-bond donors (Lipinski definition) is 1. The van der Waals surface area contributed by atoms with E-state index in [2.05, 4.69) is 5.32 Å². The minimum absolute atomic E-state index is 0.0231. The summed E-state index contributed by atoms with van der Waals surface area (Å²) in [7, 11) is -2.11. The number of hydrogen-bond acceptors (Lipinski definition) is 5. The fourth-order valence-electron chi connectivity index (χ4n) is 2.16. The van der Waals surface area contributed by atoms with Crippen LogP contribution in [0.5, 0.6) is 0 Å². The minimum atomic E-state index is -3.66. The normalized spacial score (nSPS) is 11.8. The molecule has 0 bridgehead atoms. The fourth-order valence-corrected chi connectivity index (χ4v) is 3.69. The summed E-state index contributed by atoms with van der Waals surface area (Å²) in [5.41, 5.74) is 0.0717. The van der Waals surface area contributed by atoms with Crippen LogP contribution < -0.4 is 5.32 Å². The summed E-state index contributed by atoms with van der Waals surface area (Å²) < 4.78 is 32.6. The van der Waals surface area contributed by atoms with Gasteiger partial charge < -0.3 is 14.6 Å². The van der Waals surface area contributed by atoms with Gasteiger partial charge in [-0.05, 0) is 12.0 Å². The molecular weight excluding hydrogens is 346 g/mol. The summed E-state index contributed by atoms with van der Waals surface area (Å²) in [6.45, 7) is 8.15. The van der Waals surface area contributed by atoms with Crippen molar-refractivity contribution in [2.75, 3.05) is 26.2 Å². The third-order valence-electron chi connectivity index (χ3n) is 3.57. The van der Waals surface area contributed by atoms with Crippen LogP contribution in [0.2, 0.25) is 0 Å². The summed E-state index contributed by atoms with van der Waals surface area (Å²) in [5.74, 6) is -0.851. The predicted octanol–water partition coefficient (Wildman–Crippen LogP) is 0.985. The maximum atomic E-state index is 12.5. The SMILES string of the molecule is CCN(CC)S(=O)(=O)c1cc(C(=O)OCC(=O)NCC(C)C)n(C)c1. The van der Waals surface area contributed by atoms with Gasteiger partial charge >= 0.3 is 5.97 Å². The van der Waals surface area contributed by atoms with Crippen LogP contribution in [0.4, 0.5) is 0 Å². The molecule has 0 atom stereocenters. The molecule has 0 saturated heterocycles. The summed E-state index contributed by atoms with van der Waals surface area (Å²) in [5, 5.41) is 2.64. The molecular formula is C16H27N3O5S. The van der Waals surface area contributed by atoms with Crippen LogP contribution in [0, 0.1) is 5.92 Å². The molecule has 1 N–H and O–H groups in total. The van der Waals surface area contributed by atoms with E-state index in [9.17, 15) is 18.0 Å². The molecule has 1 rings (SSSR count). The Morgan fingerprint density at radius 2 is 1.88 bits per heavy atom. The van der Waals surface area contributed by atoms with Crippen LogP contribution in [0.15, 0.2) is 17.2 Å². The summed E-state index contributed by atoms with van der Waals surface area (Å²) in [6.07, 6.45) is 1.36. The second kappa shape index (κ2) is 9.00. The topological polar surface area (TPSA) is 97.7 Å². The molecule has 0 spiro atoms. The summed E-state index contributed by atoms with van der Waals surface area (Å²) in [4.78, 5) is 23.8. The summed E-state index contributed by atoms with van der Waals surface area (Å²) >= 11 is 0. The number of carbonyl (C=O) groups is 2. The number of nitrogens with zero attached hydrogens (tertiary/aromatic N) is 2.